The molecule has 0 N–H and O–H groups in total. The lowest BCUT2D eigenvalue weighted by molar-refractivity contribution is 0.102. The van der Waals surface area contributed by atoms with Gasteiger partial charge in [0.15, 0.2) is 5.78 Å². The van der Waals surface area contributed by atoms with Crippen molar-refractivity contribution in [2.75, 3.05) is 13.7 Å². The number of Topliss-reactive ketones (excluding diaryl/α,β-unsaturated/α-hetero) is 1. The SMILES string of the molecule is CO/C=C1/CCOc2cc(F)ccc2C1=O. The predicted octanol–water partition coefficient (Wildman–Crippen LogP) is 2.32. The minimum absolute atomic E-state index is 0.172. The third kappa shape index (κ3) is 1.91. The fourth-order valence-corrected chi connectivity index (χ4v) is 1.62. The minimum atomic E-state index is -0.411. The summed E-state index contributed by atoms with van der Waals surface area (Å²) in [6.45, 7) is 0.345. The second-order valence-electron chi connectivity index (χ2n) is 3.45. The Morgan fingerprint density at radius 1 is 1.50 bits per heavy atom. The number of carbonyl (C=O) groups excluding carboxylic acids is 1. The number of methoxy groups -OCH3 is 1. The molecule has 3 nitrogen and oxygen atoms in total. The highest BCUT2D eigenvalue weighted by molar-refractivity contribution is 6.10. The van der Waals surface area contributed by atoms with Crippen LogP contribution in [0.4, 0.5) is 4.39 Å². The van der Waals surface area contributed by atoms with Crippen molar-refractivity contribution in [1.82, 2.24) is 0 Å². The standard InChI is InChI=1S/C12H11FO3/c1-15-7-8-4-5-16-11-6-9(13)2-3-10(11)12(8)14/h2-3,6-7H,4-5H2,1H3/b8-7-. The molecule has 1 heterocycles. The van der Waals surface area contributed by atoms with Crippen molar-refractivity contribution < 1.29 is 18.7 Å². The second kappa shape index (κ2) is 4.35. The molecular formula is C12H11FO3. The van der Waals surface area contributed by atoms with Gasteiger partial charge in [0.1, 0.15) is 11.6 Å². The number of rotatable bonds is 1. The summed E-state index contributed by atoms with van der Waals surface area (Å²) in [5, 5.41) is 0. The van der Waals surface area contributed by atoms with Crippen molar-refractivity contribution in [3.05, 3.63) is 41.4 Å². The fourth-order valence-electron chi connectivity index (χ4n) is 1.62. The fraction of sp³-hybridized carbons (Fsp3) is 0.250. The molecule has 0 radical (unpaired) electrons. The summed E-state index contributed by atoms with van der Waals surface area (Å²) in [5.41, 5.74) is 0.912. The Hall–Kier alpha value is -1.84. The Kier molecular flexibility index (Phi) is 2.90. The monoisotopic (exact) mass is 222 g/mol. The largest absolute Gasteiger partial charge is 0.504 e. The second-order valence-corrected chi connectivity index (χ2v) is 3.45. The molecule has 1 aromatic rings. The van der Waals surface area contributed by atoms with E-state index in [1.807, 2.05) is 0 Å². The van der Waals surface area contributed by atoms with Gasteiger partial charge in [0, 0.05) is 18.1 Å². The van der Waals surface area contributed by atoms with E-state index in [0.717, 1.165) is 0 Å². The molecule has 0 atom stereocenters. The van der Waals surface area contributed by atoms with Gasteiger partial charge < -0.3 is 9.47 Å². The number of halogens is 1. The Labute approximate surface area is 92.5 Å². The first-order valence-electron chi connectivity index (χ1n) is 4.91. The normalized spacial score (nSPS) is 17.6. The minimum Gasteiger partial charge on any atom is -0.504 e. The number of fused-ring (bicyclic) bond motifs is 1. The molecule has 0 bridgehead atoms. The summed E-state index contributed by atoms with van der Waals surface area (Å²) in [7, 11) is 1.48. The smallest absolute Gasteiger partial charge is 0.195 e. The lowest BCUT2D eigenvalue weighted by Gasteiger charge is -2.04. The zero-order chi connectivity index (χ0) is 11.5. The number of hydrogen-bond acceptors (Lipinski definition) is 3. The Balaban J connectivity index is 2.45. The van der Waals surface area contributed by atoms with Gasteiger partial charge >= 0.3 is 0 Å². The van der Waals surface area contributed by atoms with Gasteiger partial charge in [-0.05, 0) is 12.1 Å². The number of carbonyl (C=O) groups is 1. The van der Waals surface area contributed by atoms with Crippen LogP contribution in [0.2, 0.25) is 0 Å². The molecule has 0 aromatic heterocycles. The van der Waals surface area contributed by atoms with Crippen LogP contribution in [0, 0.1) is 5.82 Å². The number of ketones is 1. The summed E-state index contributed by atoms with van der Waals surface area (Å²) >= 11 is 0. The predicted molar refractivity (Wildman–Crippen MR) is 55.9 cm³/mol. The lowest BCUT2D eigenvalue weighted by atomic mass is 10.0. The number of benzene rings is 1. The van der Waals surface area contributed by atoms with Crippen molar-refractivity contribution in [3.63, 3.8) is 0 Å². The van der Waals surface area contributed by atoms with E-state index in [1.54, 1.807) is 0 Å². The molecule has 2 rings (SSSR count). The summed E-state index contributed by atoms with van der Waals surface area (Å²) in [6, 6.07) is 3.90. The van der Waals surface area contributed by atoms with Gasteiger partial charge in [-0.3, -0.25) is 4.79 Å². The van der Waals surface area contributed by atoms with E-state index in [-0.39, 0.29) is 5.78 Å². The van der Waals surface area contributed by atoms with Crippen LogP contribution in [0.15, 0.2) is 30.0 Å². The highest BCUT2D eigenvalue weighted by atomic mass is 19.1. The van der Waals surface area contributed by atoms with Crippen LogP contribution in [0.25, 0.3) is 0 Å². The molecule has 84 valence electrons. The highest BCUT2D eigenvalue weighted by Crippen LogP contribution is 2.27. The van der Waals surface area contributed by atoms with Gasteiger partial charge in [0.25, 0.3) is 0 Å². The molecule has 0 amide bonds. The van der Waals surface area contributed by atoms with Crippen molar-refractivity contribution in [1.29, 1.82) is 0 Å². The van der Waals surface area contributed by atoms with Gasteiger partial charge in [-0.2, -0.15) is 0 Å². The maximum atomic E-state index is 13.0. The average Bonchev–Trinajstić information content (AvgIpc) is 2.40. The van der Waals surface area contributed by atoms with Gasteiger partial charge in [-0.15, -0.1) is 0 Å². The molecular weight excluding hydrogens is 211 g/mol. The van der Waals surface area contributed by atoms with E-state index < -0.39 is 5.82 Å². The molecule has 0 spiro atoms. The van der Waals surface area contributed by atoms with Crippen LogP contribution < -0.4 is 4.74 Å². The molecule has 4 heteroatoms. The molecule has 1 aromatic carbocycles. The Morgan fingerprint density at radius 3 is 3.06 bits per heavy atom. The van der Waals surface area contributed by atoms with Crippen LogP contribution >= 0.6 is 0 Å². The van der Waals surface area contributed by atoms with Crippen LogP contribution in [0.3, 0.4) is 0 Å². The van der Waals surface area contributed by atoms with E-state index in [1.165, 1.54) is 31.6 Å². The molecule has 0 saturated heterocycles. The van der Waals surface area contributed by atoms with Gasteiger partial charge in [-0.25, -0.2) is 4.39 Å². The van der Waals surface area contributed by atoms with Crippen molar-refractivity contribution in [3.8, 4) is 5.75 Å². The third-order valence-electron chi connectivity index (χ3n) is 2.37. The van der Waals surface area contributed by atoms with Crippen LogP contribution in [-0.2, 0) is 4.74 Å². The summed E-state index contributed by atoms with van der Waals surface area (Å²) in [4.78, 5) is 12.0. The molecule has 0 aliphatic carbocycles. The van der Waals surface area contributed by atoms with Crippen molar-refractivity contribution in [2.24, 2.45) is 0 Å². The summed E-state index contributed by atoms with van der Waals surface area (Å²) in [5.74, 6) is -0.287. The molecule has 0 saturated carbocycles. The molecule has 0 unspecified atom stereocenters. The van der Waals surface area contributed by atoms with E-state index >= 15 is 0 Å². The quantitative estimate of drug-likeness (QED) is 0.540. The molecule has 1 aliphatic rings. The third-order valence-corrected chi connectivity index (χ3v) is 2.37. The van der Waals surface area contributed by atoms with E-state index in [0.29, 0.717) is 29.9 Å². The maximum Gasteiger partial charge on any atom is 0.195 e. The van der Waals surface area contributed by atoms with Crippen LogP contribution in [-0.4, -0.2) is 19.5 Å². The number of ether oxygens (including phenoxy) is 2. The summed E-state index contributed by atoms with van der Waals surface area (Å²) in [6.07, 6.45) is 1.87. The highest BCUT2D eigenvalue weighted by Gasteiger charge is 2.21. The zero-order valence-corrected chi connectivity index (χ0v) is 8.83. The Bertz CT molecular complexity index is 452. The summed E-state index contributed by atoms with van der Waals surface area (Å²) < 4.78 is 23.1. The number of hydrogen-bond donors (Lipinski definition) is 0. The average molecular weight is 222 g/mol. The first-order valence-corrected chi connectivity index (χ1v) is 4.91. The zero-order valence-electron chi connectivity index (χ0n) is 8.83. The topological polar surface area (TPSA) is 35.5 Å². The molecule has 16 heavy (non-hydrogen) atoms. The van der Waals surface area contributed by atoms with Crippen LogP contribution in [0.1, 0.15) is 16.8 Å². The van der Waals surface area contributed by atoms with Gasteiger partial charge in [0.05, 0.1) is 25.5 Å². The van der Waals surface area contributed by atoms with Crippen molar-refractivity contribution in [2.45, 2.75) is 6.42 Å². The first kappa shape index (κ1) is 10.7. The van der Waals surface area contributed by atoms with Gasteiger partial charge in [0.2, 0.25) is 0 Å². The first-order chi connectivity index (χ1) is 7.72. The van der Waals surface area contributed by atoms with Gasteiger partial charge in [-0.1, -0.05) is 0 Å². The van der Waals surface area contributed by atoms with Crippen LogP contribution in [0.5, 0.6) is 5.75 Å². The van der Waals surface area contributed by atoms with E-state index in [9.17, 15) is 9.18 Å². The maximum absolute atomic E-state index is 13.0. The van der Waals surface area contributed by atoms with E-state index in [2.05, 4.69) is 0 Å². The Morgan fingerprint density at radius 2 is 2.31 bits per heavy atom. The molecule has 0 fully saturated rings. The van der Waals surface area contributed by atoms with E-state index in [4.69, 9.17) is 9.47 Å². The molecule has 1 aliphatic heterocycles. The lowest BCUT2D eigenvalue weighted by Crippen LogP contribution is -2.02. The van der Waals surface area contributed by atoms with Crippen molar-refractivity contribution >= 4 is 5.78 Å².